The molecule has 0 unspecified atom stereocenters. The zero-order chi connectivity index (χ0) is 11.4. The van der Waals surface area contributed by atoms with E-state index in [1.54, 1.807) is 11.3 Å². The first-order valence-corrected chi connectivity index (χ1v) is 7.20. The Morgan fingerprint density at radius 3 is 3.00 bits per heavy atom. The molecular formula is C12H16N2S2. The standard InChI is InChI=1S/C12H16N2S2/c1-10(12-4-3-7-16-12)14(2)6-5-11-8-15-9-13-11/h3-4,7-10H,5-6H2,1-2H3/t10-/m1/s1. The highest BCUT2D eigenvalue weighted by Crippen LogP contribution is 2.23. The van der Waals surface area contributed by atoms with Gasteiger partial charge in [-0.25, -0.2) is 4.98 Å². The summed E-state index contributed by atoms with van der Waals surface area (Å²) in [4.78, 5) is 8.12. The largest absolute Gasteiger partial charge is 0.298 e. The molecule has 86 valence electrons. The van der Waals surface area contributed by atoms with Crippen molar-refractivity contribution < 1.29 is 0 Å². The second-order valence-electron chi connectivity index (χ2n) is 3.90. The van der Waals surface area contributed by atoms with E-state index in [0.717, 1.165) is 13.0 Å². The van der Waals surface area contributed by atoms with Crippen LogP contribution in [-0.2, 0) is 6.42 Å². The molecule has 2 aromatic rings. The van der Waals surface area contributed by atoms with E-state index >= 15 is 0 Å². The van der Waals surface area contributed by atoms with Gasteiger partial charge in [-0.05, 0) is 25.4 Å². The minimum atomic E-state index is 0.499. The lowest BCUT2D eigenvalue weighted by atomic mass is 10.2. The normalized spacial score (nSPS) is 13.2. The van der Waals surface area contributed by atoms with Crippen LogP contribution in [0.5, 0.6) is 0 Å². The Hall–Kier alpha value is -0.710. The summed E-state index contributed by atoms with van der Waals surface area (Å²) in [6, 6.07) is 4.82. The van der Waals surface area contributed by atoms with E-state index in [2.05, 4.69) is 46.7 Å². The maximum absolute atomic E-state index is 4.30. The van der Waals surface area contributed by atoms with Crippen LogP contribution in [0.1, 0.15) is 23.5 Å². The first kappa shape index (κ1) is 11.8. The molecule has 2 nitrogen and oxygen atoms in total. The molecule has 0 amide bonds. The first-order valence-electron chi connectivity index (χ1n) is 5.38. The van der Waals surface area contributed by atoms with Crippen molar-refractivity contribution in [2.24, 2.45) is 0 Å². The van der Waals surface area contributed by atoms with Crippen molar-refractivity contribution in [1.82, 2.24) is 9.88 Å². The first-order chi connectivity index (χ1) is 7.77. The Labute approximate surface area is 105 Å². The maximum Gasteiger partial charge on any atom is 0.0794 e. The molecule has 2 rings (SSSR count). The summed E-state index contributed by atoms with van der Waals surface area (Å²) in [5.74, 6) is 0. The van der Waals surface area contributed by atoms with Crippen molar-refractivity contribution in [2.75, 3.05) is 13.6 Å². The highest BCUT2D eigenvalue weighted by atomic mass is 32.1. The van der Waals surface area contributed by atoms with Gasteiger partial charge in [0.2, 0.25) is 0 Å². The van der Waals surface area contributed by atoms with Gasteiger partial charge in [-0.2, -0.15) is 0 Å². The van der Waals surface area contributed by atoms with Gasteiger partial charge < -0.3 is 0 Å². The minimum Gasteiger partial charge on any atom is -0.298 e. The molecule has 0 aliphatic heterocycles. The van der Waals surface area contributed by atoms with E-state index in [4.69, 9.17) is 0 Å². The number of likely N-dealkylation sites (N-methyl/N-ethyl adjacent to an activating group) is 1. The van der Waals surface area contributed by atoms with Crippen LogP contribution in [0.3, 0.4) is 0 Å². The van der Waals surface area contributed by atoms with Crippen molar-refractivity contribution in [3.8, 4) is 0 Å². The molecule has 0 aromatic carbocycles. The molecule has 4 heteroatoms. The quantitative estimate of drug-likeness (QED) is 0.810. The summed E-state index contributed by atoms with van der Waals surface area (Å²) in [6.45, 7) is 3.32. The predicted molar refractivity (Wildman–Crippen MR) is 71.2 cm³/mol. The van der Waals surface area contributed by atoms with E-state index in [9.17, 15) is 0 Å². The molecule has 2 heterocycles. The van der Waals surface area contributed by atoms with Gasteiger partial charge >= 0.3 is 0 Å². The molecule has 0 aliphatic carbocycles. The number of hydrogen-bond acceptors (Lipinski definition) is 4. The van der Waals surface area contributed by atoms with E-state index in [1.165, 1.54) is 10.6 Å². The third-order valence-electron chi connectivity index (χ3n) is 2.82. The SMILES string of the molecule is C[C@H](c1cccs1)N(C)CCc1cscn1. The van der Waals surface area contributed by atoms with Gasteiger partial charge in [-0.3, -0.25) is 4.90 Å². The van der Waals surface area contributed by atoms with Crippen LogP contribution >= 0.6 is 22.7 Å². The second kappa shape index (κ2) is 5.57. The van der Waals surface area contributed by atoms with Crippen LogP contribution < -0.4 is 0 Å². The molecule has 0 bridgehead atoms. The van der Waals surface area contributed by atoms with Gasteiger partial charge in [0.05, 0.1) is 11.2 Å². The summed E-state index contributed by atoms with van der Waals surface area (Å²) in [7, 11) is 2.18. The van der Waals surface area contributed by atoms with Crippen molar-refractivity contribution in [3.05, 3.63) is 39.0 Å². The molecule has 0 saturated heterocycles. The number of aromatic nitrogens is 1. The number of nitrogens with zero attached hydrogens (tertiary/aromatic N) is 2. The number of thiazole rings is 1. The minimum absolute atomic E-state index is 0.499. The third-order valence-corrected chi connectivity index (χ3v) is 4.50. The lowest BCUT2D eigenvalue weighted by Gasteiger charge is -2.23. The molecule has 0 aliphatic rings. The van der Waals surface area contributed by atoms with Crippen molar-refractivity contribution in [1.29, 1.82) is 0 Å². The van der Waals surface area contributed by atoms with Gasteiger partial charge in [-0.1, -0.05) is 6.07 Å². The van der Waals surface area contributed by atoms with E-state index in [0.29, 0.717) is 6.04 Å². The molecule has 1 atom stereocenters. The molecule has 2 aromatic heterocycles. The lowest BCUT2D eigenvalue weighted by molar-refractivity contribution is 0.267. The van der Waals surface area contributed by atoms with E-state index in [-0.39, 0.29) is 0 Å². The van der Waals surface area contributed by atoms with Crippen molar-refractivity contribution in [2.45, 2.75) is 19.4 Å². The number of rotatable bonds is 5. The average molecular weight is 252 g/mol. The zero-order valence-electron chi connectivity index (χ0n) is 9.59. The van der Waals surface area contributed by atoms with Crippen molar-refractivity contribution >= 4 is 22.7 Å². The van der Waals surface area contributed by atoms with Crippen LogP contribution in [0.2, 0.25) is 0 Å². The summed E-state index contributed by atoms with van der Waals surface area (Å²) in [5, 5.41) is 4.27. The Balaban J connectivity index is 1.86. The fourth-order valence-electron chi connectivity index (χ4n) is 1.59. The third kappa shape index (κ3) is 2.90. The average Bonchev–Trinajstić information content (AvgIpc) is 2.96. The maximum atomic E-state index is 4.30. The zero-order valence-corrected chi connectivity index (χ0v) is 11.2. The van der Waals surface area contributed by atoms with E-state index in [1.807, 2.05) is 16.8 Å². The molecular weight excluding hydrogens is 236 g/mol. The molecule has 0 saturated carbocycles. The number of thiophene rings is 1. The fourth-order valence-corrected chi connectivity index (χ4v) is 3.03. The van der Waals surface area contributed by atoms with Crippen LogP contribution in [0.4, 0.5) is 0 Å². The Morgan fingerprint density at radius 2 is 2.38 bits per heavy atom. The highest BCUT2D eigenvalue weighted by Gasteiger charge is 2.12. The van der Waals surface area contributed by atoms with Gasteiger partial charge in [0, 0.05) is 29.3 Å². The van der Waals surface area contributed by atoms with E-state index < -0.39 is 0 Å². The topological polar surface area (TPSA) is 16.1 Å². The second-order valence-corrected chi connectivity index (χ2v) is 5.60. The summed E-state index contributed by atoms with van der Waals surface area (Å²) >= 11 is 3.50. The van der Waals surface area contributed by atoms with Gasteiger partial charge in [0.1, 0.15) is 0 Å². The van der Waals surface area contributed by atoms with Gasteiger partial charge in [0.25, 0.3) is 0 Å². The molecule has 0 fully saturated rings. The highest BCUT2D eigenvalue weighted by molar-refractivity contribution is 7.10. The molecule has 0 spiro atoms. The van der Waals surface area contributed by atoms with Crippen LogP contribution in [-0.4, -0.2) is 23.5 Å². The Morgan fingerprint density at radius 1 is 1.50 bits per heavy atom. The summed E-state index contributed by atoms with van der Waals surface area (Å²) in [5.41, 5.74) is 3.10. The van der Waals surface area contributed by atoms with Gasteiger partial charge in [-0.15, -0.1) is 22.7 Å². The Bertz CT molecular complexity index is 395. The summed E-state index contributed by atoms with van der Waals surface area (Å²) in [6.07, 6.45) is 1.04. The lowest BCUT2D eigenvalue weighted by Crippen LogP contribution is -2.24. The Kier molecular flexibility index (Phi) is 4.09. The monoisotopic (exact) mass is 252 g/mol. The predicted octanol–water partition coefficient (Wildman–Crippen LogP) is 3.44. The van der Waals surface area contributed by atoms with Crippen LogP contribution in [0.15, 0.2) is 28.4 Å². The molecule has 0 N–H and O–H groups in total. The summed E-state index contributed by atoms with van der Waals surface area (Å²) < 4.78 is 0. The van der Waals surface area contributed by atoms with Crippen LogP contribution in [0, 0.1) is 0 Å². The van der Waals surface area contributed by atoms with Crippen molar-refractivity contribution in [3.63, 3.8) is 0 Å². The number of hydrogen-bond donors (Lipinski definition) is 0. The molecule has 16 heavy (non-hydrogen) atoms. The van der Waals surface area contributed by atoms with Gasteiger partial charge in [0.15, 0.2) is 0 Å². The smallest absolute Gasteiger partial charge is 0.0794 e. The fraction of sp³-hybridized carbons (Fsp3) is 0.417. The molecule has 0 radical (unpaired) electrons. The van der Waals surface area contributed by atoms with Crippen LogP contribution in [0.25, 0.3) is 0 Å².